The van der Waals surface area contributed by atoms with Gasteiger partial charge in [0.15, 0.2) is 0 Å². The Morgan fingerprint density at radius 3 is 2.07 bits per heavy atom. The highest BCUT2D eigenvalue weighted by Crippen LogP contribution is 2.37. The standard InChI is InChI=1S/C22H20BrF3O.C2H6/c1-14-12-15(2)20(13-19(14)16-4-6-18(23)7-5-16)17-8-10-21(3,11-9-17)27-22(24,25)26;1-2/h4-10,12-13H,11H2,1-3H3;1-2H3. The van der Waals surface area contributed by atoms with E-state index >= 15 is 0 Å². The van der Waals surface area contributed by atoms with Gasteiger partial charge in [-0.3, -0.25) is 4.74 Å². The summed E-state index contributed by atoms with van der Waals surface area (Å²) in [4.78, 5) is 0. The Morgan fingerprint density at radius 2 is 1.55 bits per heavy atom. The van der Waals surface area contributed by atoms with Crippen molar-refractivity contribution in [3.8, 4) is 11.1 Å². The van der Waals surface area contributed by atoms with E-state index in [4.69, 9.17) is 0 Å². The van der Waals surface area contributed by atoms with Crippen molar-refractivity contribution in [2.75, 3.05) is 0 Å². The lowest BCUT2D eigenvalue weighted by molar-refractivity contribution is -0.355. The van der Waals surface area contributed by atoms with Crippen LogP contribution in [0.2, 0.25) is 0 Å². The third-order valence-electron chi connectivity index (χ3n) is 4.73. The molecular formula is C24H26BrF3O. The predicted octanol–water partition coefficient (Wildman–Crippen LogP) is 8.40. The zero-order valence-electron chi connectivity index (χ0n) is 17.3. The number of halogens is 4. The summed E-state index contributed by atoms with van der Waals surface area (Å²) in [6, 6.07) is 12.3. The summed E-state index contributed by atoms with van der Waals surface area (Å²) in [5.41, 5.74) is 5.01. The van der Waals surface area contributed by atoms with Gasteiger partial charge in [-0.25, -0.2) is 0 Å². The minimum absolute atomic E-state index is 0.166. The first-order chi connectivity index (χ1) is 13.6. The van der Waals surface area contributed by atoms with Gasteiger partial charge in [0.1, 0.15) is 0 Å². The summed E-state index contributed by atoms with van der Waals surface area (Å²) < 4.78 is 43.1. The fraction of sp³-hybridized carbons (Fsp3) is 0.333. The van der Waals surface area contributed by atoms with Gasteiger partial charge in [-0.15, -0.1) is 13.2 Å². The first kappa shape index (κ1) is 23.4. The molecule has 0 saturated heterocycles. The lowest BCUT2D eigenvalue weighted by Crippen LogP contribution is -2.34. The molecule has 0 bridgehead atoms. The molecule has 2 aromatic carbocycles. The molecule has 1 unspecified atom stereocenters. The number of ether oxygens (including phenoxy) is 1. The van der Waals surface area contributed by atoms with Crippen LogP contribution in [0, 0.1) is 13.8 Å². The smallest absolute Gasteiger partial charge is 0.281 e. The Labute approximate surface area is 179 Å². The van der Waals surface area contributed by atoms with Crippen molar-refractivity contribution in [3.63, 3.8) is 0 Å². The third-order valence-corrected chi connectivity index (χ3v) is 5.26. The maximum atomic E-state index is 12.6. The van der Waals surface area contributed by atoms with Crippen LogP contribution in [0.15, 0.2) is 59.1 Å². The number of aryl methyl sites for hydroxylation is 2. The SMILES string of the molecule is CC.Cc1cc(C)c(-c2ccc(Br)cc2)cc1C1=CCC(C)(OC(F)(F)F)C=C1. The monoisotopic (exact) mass is 466 g/mol. The Hall–Kier alpha value is -1.85. The highest BCUT2D eigenvalue weighted by atomic mass is 79.9. The van der Waals surface area contributed by atoms with E-state index in [1.165, 1.54) is 13.0 Å². The molecule has 5 heteroatoms. The van der Waals surface area contributed by atoms with Gasteiger partial charge in [0, 0.05) is 4.47 Å². The van der Waals surface area contributed by atoms with Crippen molar-refractivity contribution >= 4 is 21.5 Å². The van der Waals surface area contributed by atoms with Crippen molar-refractivity contribution in [2.45, 2.75) is 53.0 Å². The highest BCUT2D eigenvalue weighted by molar-refractivity contribution is 9.10. The van der Waals surface area contributed by atoms with Crippen molar-refractivity contribution in [2.24, 2.45) is 0 Å². The van der Waals surface area contributed by atoms with Crippen molar-refractivity contribution in [3.05, 3.63) is 75.8 Å². The van der Waals surface area contributed by atoms with Gasteiger partial charge in [-0.1, -0.05) is 66.2 Å². The molecule has 0 N–H and O–H groups in total. The molecule has 0 amide bonds. The topological polar surface area (TPSA) is 9.23 Å². The molecule has 2 aromatic rings. The largest absolute Gasteiger partial charge is 0.523 e. The molecule has 1 aliphatic rings. The summed E-state index contributed by atoms with van der Waals surface area (Å²) in [7, 11) is 0. The fourth-order valence-corrected chi connectivity index (χ4v) is 3.62. The minimum atomic E-state index is -4.65. The van der Waals surface area contributed by atoms with Crippen LogP contribution in [0.4, 0.5) is 13.2 Å². The van der Waals surface area contributed by atoms with E-state index in [9.17, 15) is 13.2 Å². The molecule has 3 rings (SSSR count). The average molecular weight is 467 g/mol. The summed E-state index contributed by atoms with van der Waals surface area (Å²) in [6.45, 7) is 9.52. The maximum Gasteiger partial charge on any atom is 0.523 e. The Balaban J connectivity index is 0.00000145. The predicted molar refractivity (Wildman–Crippen MR) is 118 cm³/mol. The van der Waals surface area contributed by atoms with E-state index in [1.54, 1.807) is 6.08 Å². The van der Waals surface area contributed by atoms with E-state index in [0.717, 1.165) is 37.9 Å². The zero-order chi connectivity index (χ0) is 21.8. The van der Waals surface area contributed by atoms with Gasteiger partial charge in [-0.05, 0) is 78.8 Å². The molecule has 0 fully saturated rings. The number of benzene rings is 2. The van der Waals surface area contributed by atoms with Crippen LogP contribution < -0.4 is 0 Å². The van der Waals surface area contributed by atoms with E-state index in [-0.39, 0.29) is 6.42 Å². The number of hydrogen-bond donors (Lipinski definition) is 0. The maximum absolute atomic E-state index is 12.6. The van der Waals surface area contributed by atoms with Gasteiger partial charge in [0.05, 0.1) is 5.60 Å². The minimum Gasteiger partial charge on any atom is -0.281 e. The van der Waals surface area contributed by atoms with Crippen LogP contribution in [0.1, 0.15) is 43.9 Å². The third kappa shape index (κ3) is 6.06. The molecule has 29 heavy (non-hydrogen) atoms. The molecule has 0 radical (unpaired) electrons. The molecule has 0 aliphatic heterocycles. The fourth-order valence-electron chi connectivity index (χ4n) is 3.36. The number of rotatable bonds is 3. The van der Waals surface area contributed by atoms with E-state index in [2.05, 4.69) is 39.7 Å². The quantitative estimate of drug-likeness (QED) is 0.441. The average Bonchev–Trinajstić information content (AvgIpc) is 2.64. The molecule has 0 spiro atoms. The van der Waals surface area contributed by atoms with Gasteiger partial charge in [0.2, 0.25) is 0 Å². The van der Waals surface area contributed by atoms with Crippen molar-refractivity contribution < 1.29 is 17.9 Å². The van der Waals surface area contributed by atoms with Crippen LogP contribution in [-0.2, 0) is 4.74 Å². The van der Waals surface area contributed by atoms with E-state index in [0.29, 0.717) is 0 Å². The molecule has 0 saturated carbocycles. The van der Waals surface area contributed by atoms with Crippen LogP contribution in [-0.4, -0.2) is 12.0 Å². The van der Waals surface area contributed by atoms with Gasteiger partial charge < -0.3 is 0 Å². The van der Waals surface area contributed by atoms with Crippen LogP contribution in [0.5, 0.6) is 0 Å². The molecule has 0 heterocycles. The second-order valence-corrected chi connectivity index (χ2v) is 7.96. The lowest BCUT2D eigenvalue weighted by atomic mass is 9.86. The molecule has 0 aromatic heterocycles. The summed E-state index contributed by atoms with van der Waals surface area (Å²) in [6.07, 6.45) is 0.541. The lowest BCUT2D eigenvalue weighted by Gasteiger charge is -2.29. The summed E-state index contributed by atoms with van der Waals surface area (Å²) >= 11 is 3.45. The Kier molecular flexibility index (Phi) is 7.52. The van der Waals surface area contributed by atoms with Gasteiger partial charge in [-0.2, -0.15) is 0 Å². The van der Waals surface area contributed by atoms with Crippen molar-refractivity contribution in [1.82, 2.24) is 0 Å². The summed E-state index contributed by atoms with van der Waals surface area (Å²) in [5.74, 6) is 0. The first-order valence-electron chi connectivity index (χ1n) is 9.60. The van der Waals surface area contributed by atoms with Gasteiger partial charge >= 0.3 is 6.36 Å². The molecule has 156 valence electrons. The summed E-state index contributed by atoms with van der Waals surface area (Å²) in [5, 5.41) is 0. The molecule has 1 aliphatic carbocycles. The number of allylic oxidation sites excluding steroid dienone is 2. The Morgan fingerprint density at radius 1 is 0.966 bits per heavy atom. The van der Waals surface area contributed by atoms with E-state index in [1.807, 2.05) is 51.1 Å². The highest BCUT2D eigenvalue weighted by Gasteiger charge is 2.39. The van der Waals surface area contributed by atoms with Crippen LogP contribution >= 0.6 is 15.9 Å². The Bertz CT molecular complexity index is 911. The van der Waals surface area contributed by atoms with Crippen LogP contribution in [0.3, 0.4) is 0 Å². The normalized spacial score (nSPS) is 18.7. The second-order valence-electron chi connectivity index (χ2n) is 7.05. The number of hydrogen-bond acceptors (Lipinski definition) is 1. The number of alkyl halides is 3. The van der Waals surface area contributed by atoms with Crippen LogP contribution in [0.25, 0.3) is 16.7 Å². The van der Waals surface area contributed by atoms with E-state index < -0.39 is 12.0 Å². The molecule has 1 atom stereocenters. The molecule has 1 nitrogen and oxygen atoms in total. The first-order valence-corrected chi connectivity index (χ1v) is 10.4. The zero-order valence-corrected chi connectivity index (χ0v) is 18.9. The van der Waals surface area contributed by atoms with Gasteiger partial charge in [0.25, 0.3) is 0 Å². The van der Waals surface area contributed by atoms with Crippen molar-refractivity contribution in [1.29, 1.82) is 0 Å². The second kappa shape index (κ2) is 9.31. The molecular weight excluding hydrogens is 441 g/mol.